The normalized spacial score (nSPS) is 22.7. The Morgan fingerprint density at radius 2 is 2.60 bits per heavy atom. The summed E-state index contributed by atoms with van der Waals surface area (Å²) in [5, 5.41) is 0. The van der Waals surface area contributed by atoms with Crippen molar-refractivity contribution in [1.82, 2.24) is 9.55 Å². The van der Waals surface area contributed by atoms with E-state index in [9.17, 15) is 0 Å². The Bertz CT molecular complexity index is 262. The smallest absolute Gasteiger partial charge is 0.115 e. The molecule has 0 radical (unpaired) electrons. The van der Waals surface area contributed by atoms with E-state index in [0.717, 1.165) is 6.67 Å². The maximum Gasteiger partial charge on any atom is 0.115 e. The highest BCUT2D eigenvalue weighted by Crippen LogP contribution is 2.15. The molecule has 3 heteroatoms. The molecule has 0 saturated heterocycles. The van der Waals surface area contributed by atoms with Gasteiger partial charge in [0.2, 0.25) is 0 Å². The second-order valence-electron chi connectivity index (χ2n) is 2.55. The summed E-state index contributed by atoms with van der Waals surface area (Å²) in [4.78, 5) is 8.21. The van der Waals surface area contributed by atoms with Crippen LogP contribution in [0.15, 0.2) is 17.5 Å². The van der Waals surface area contributed by atoms with Gasteiger partial charge in [-0.2, -0.15) is 0 Å². The Hall–Kier alpha value is -1.12. The third kappa shape index (κ3) is 0.667. The molecular formula is C7H9N3. The molecule has 10 heavy (non-hydrogen) atoms. The Labute approximate surface area is 59.4 Å². The fourth-order valence-electron chi connectivity index (χ4n) is 1.20. The van der Waals surface area contributed by atoms with Crippen molar-refractivity contribution in [3.05, 3.63) is 18.2 Å². The van der Waals surface area contributed by atoms with Gasteiger partial charge in [-0.15, -0.1) is 0 Å². The van der Waals surface area contributed by atoms with Crippen molar-refractivity contribution in [2.45, 2.75) is 19.5 Å². The highest BCUT2D eigenvalue weighted by atomic mass is 15.1. The minimum Gasteiger partial charge on any atom is -0.314 e. The topological polar surface area (TPSA) is 30.2 Å². The van der Waals surface area contributed by atoms with E-state index in [1.807, 2.05) is 18.7 Å². The molecule has 52 valence electrons. The van der Waals surface area contributed by atoms with E-state index in [0.29, 0.717) is 5.92 Å². The van der Waals surface area contributed by atoms with Gasteiger partial charge in [-0.3, -0.25) is 4.99 Å². The molecule has 1 aromatic heterocycles. The third-order valence-corrected chi connectivity index (χ3v) is 1.77. The lowest BCUT2D eigenvalue weighted by Crippen LogP contribution is -2.10. The third-order valence-electron chi connectivity index (χ3n) is 1.77. The summed E-state index contributed by atoms with van der Waals surface area (Å²) >= 11 is 0. The number of rotatable bonds is 0. The Kier molecular flexibility index (Phi) is 1.09. The lowest BCUT2D eigenvalue weighted by atomic mass is 10.1. The molecule has 1 aliphatic heterocycles. The predicted octanol–water partition coefficient (Wildman–Crippen LogP) is 1.03. The lowest BCUT2D eigenvalue weighted by Gasteiger charge is -2.13. The van der Waals surface area contributed by atoms with E-state index in [1.54, 1.807) is 0 Å². The summed E-state index contributed by atoms with van der Waals surface area (Å²) in [5.74, 6) is 0.427. The van der Waals surface area contributed by atoms with Crippen molar-refractivity contribution in [1.29, 1.82) is 0 Å². The fraction of sp³-hybridized carbons (Fsp3) is 0.429. The SMILES string of the molecule is CC1C=NCn2cncc21. The molecule has 0 bridgehead atoms. The summed E-state index contributed by atoms with van der Waals surface area (Å²) in [5.41, 5.74) is 1.26. The van der Waals surface area contributed by atoms with Crippen LogP contribution in [0.25, 0.3) is 0 Å². The molecule has 0 N–H and O–H groups in total. The van der Waals surface area contributed by atoms with Crippen LogP contribution < -0.4 is 0 Å². The van der Waals surface area contributed by atoms with Crippen molar-refractivity contribution in [3.8, 4) is 0 Å². The van der Waals surface area contributed by atoms with Gasteiger partial charge in [0.1, 0.15) is 6.67 Å². The standard InChI is InChI=1S/C7H9N3/c1-6-2-8-4-10-5-9-3-7(6)10/h2-3,5-6H,4H2,1H3. The van der Waals surface area contributed by atoms with Crippen molar-refractivity contribution in [2.24, 2.45) is 4.99 Å². The first-order chi connectivity index (χ1) is 4.88. The molecule has 0 aromatic carbocycles. The number of fused-ring (bicyclic) bond motifs is 1. The number of nitrogens with zero attached hydrogens (tertiary/aromatic N) is 3. The first-order valence-corrected chi connectivity index (χ1v) is 3.38. The molecule has 1 aliphatic rings. The van der Waals surface area contributed by atoms with Crippen LogP contribution in [0.1, 0.15) is 18.5 Å². The quantitative estimate of drug-likeness (QED) is 0.522. The summed E-state index contributed by atoms with van der Waals surface area (Å²) in [6.45, 7) is 2.86. The summed E-state index contributed by atoms with van der Waals surface area (Å²) in [7, 11) is 0. The lowest BCUT2D eigenvalue weighted by molar-refractivity contribution is 0.660. The van der Waals surface area contributed by atoms with Gasteiger partial charge >= 0.3 is 0 Å². The number of imidazole rings is 1. The molecule has 2 rings (SSSR count). The van der Waals surface area contributed by atoms with Crippen molar-refractivity contribution in [2.75, 3.05) is 0 Å². The Morgan fingerprint density at radius 1 is 1.70 bits per heavy atom. The van der Waals surface area contributed by atoms with Gasteiger partial charge in [0.25, 0.3) is 0 Å². The molecule has 0 amide bonds. The fourth-order valence-corrected chi connectivity index (χ4v) is 1.20. The van der Waals surface area contributed by atoms with Gasteiger partial charge < -0.3 is 4.57 Å². The summed E-state index contributed by atoms with van der Waals surface area (Å²) in [6, 6.07) is 0. The molecule has 0 saturated carbocycles. The minimum absolute atomic E-state index is 0.427. The number of hydrogen-bond acceptors (Lipinski definition) is 2. The molecular weight excluding hydrogens is 126 g/mol. The predicted molar refractivity (Wildman–Crippen MR) is 39.1 cm³/mol. The average molecular weight is 135 g/mol. The second-order valence-corrected chi connectivity index (χ2v) is 2.55. The highest BCUT2D eigenvalue weighted by molar-refractivity contribution is 5.67. The first-order valence-electron chi connectivity index (χ1n) is 3.38. The van der Waals surface area contributed by atoms with Gasteiger partial charge in [-0.25, -0.2) is 4.98 Å². The van der Waals surface area contributed by atoms with Crippen LogP contribution in [-0.4, -0.2) is 15.8 Å². The molecule has 1 unspecified atom stereocenters. The van der Waals surface area contributed by atoms with Crippen LogP contribution in [0.5, 0.6) is 0 Å². The number of hydrogen-bond donors (Lipinski definition) is 0. The average Bonchev–Trinajstić information content (AvgIpc) is 2.36. The van der Waals surface area contributed by atoms with Gasteiger partial charge in [0, 0.05) is 24.0 Å². The van der Waals surface area contributed by atoms with Gasteiger partial charge in [0.15, 0.2) is 0 Å². The monoisotopic (exact) mass is 135 g/mol. The largest absolute Gasteiger partial charge is 0.314 e. The molecule has 0 fully saturated rings. The highest BCUT2D eigenvalue weighted by Gasteiger charge is 2.10. The van der Waals surface area contributed by atoms with E-state index >= 15 is 0 Å². The Morgan fingerprint density at radius 3 is 3.40 bits per heavy atom. The van der Waals surface area contributed by atoms with E-state index in [4.69, 9.17) is 0 Å². The zero-order chi connectivity index (χ0) is 6.97. The molecule has 1 atom stereocenters. The zero-order valence-corrected chi connectivity index (χ0v) is 5.86. The van der Waals surface area contributed by atoms with Crippen molar-refractivity contribution >= 4 is 6.21 Å². The maximum absolute atomic E-state index is 4.17. The number of aromatic nitrogens is 2. The number of aliphatic imine (C=N–C) groups is 1. The Balaban J connectivity index is 2.48. The van der Waals surface area contributed by atoms with Crippen LogP contribution in [0, 0.1) is 0 Å². The minimum atomic E-state index is 0.427. The first kappa shape index (κ1) is 5.65. The molecule has 0 spiro atoms. The van der Waals surface area contributed by atoms with Crippen LogP contribution in [0.4, 0.5) is 0 Å². The molecule has 1 aromatic rings. The van der Waals surface area contributed by atoms with E-state index in [1.165, 1.54) is 5.69 Å². The van der Waals surface area contributed by atoms with Gasteiger partial charge in [-0.1, -0.05) is 6.92 Å². The molecule has 0 aliphatic carbocycles. The van der Waals surface area contributed by atoms with Crippen LogP contribution in [0.2, 0.25) is 0 Å². The van der Waals surface area contributed by atoms with E-state index < -0.39 is 0 Å². The van der Waals surface area contributed by atoms with Crippen molar-refractivity contribution in [3.63, 3.8) is 0 Å². The van der Waals surface area contributed by atoms with Crippen LogP contribution in [0.3, 0.4) is 0 Å². The maximum atomic E-state index is 4.17. The van der Waals surface area contributed by atoms with Gasteiger partial charge in [0.05, 0.1) is 6.33 Å². The van der Waals surface area contributed by atoms with E-state index in [-0.39, 0.29) is 0 Å². The molecule has 3 nitrogen and oxygen atoms in total. The molecule has 2 heterocycles. The van der Waals surface area contributed by atoms with Crippen LogP contribution in [-0.2, 0) is 6.67 Å². The van der Waals surface area contributed by atoms with Crippen molar-refractivity contribution < 1.29 is 0 Å². The van der Waals surface area contributed by atoms with E-state index in [2.05, 4.69) is 21.5 Å². The second kappa shape index (κ2) is 1.94. The summed E-state index contributed by atoms with van der Waals surface area (Å²) in [6.07, 6.45) is 5.69. The summed E-state index contributed by atoms with van der Waals surface area (Å²) < 4.78 is 2.06. The zero-order valence-electron chi connectivity index (χ0n) is 5.86. The van der Waals surface area contributed by atoms with Crippen LogP contribution >= 0.6 is 0 Å². The van der Waals surface area contributed by atoms with Gasteiger partial charge in [-0.05, 0) is 0 Å².